The van der Waals surface area contributed by atoms with E-state index in [1.165, 1.54) is 70.6 Å². The van der Waals surface area contributed by atoms with Gasteiger partial charge in [-0.15, -0.1) is 0 Å². The van der Waals surface area contributed by atoms with Crippen LogP contribution in [-0.4, -0.2) is 96.7 Å². The molecule has 104 heavy (non-hydrogen) atoms. The molecule has 0 aliphatic heterocycles. The number of carbonyl (C=O) groups excluding carboxylic acids is 4. The molecule has 3 N–H and O–H groups in total. The van der Waals surface area contributed by atoms with Crippen molar-refractivity contribution < 1.29 is 80.2 Å². The van der Waals surface area contributed by atoms with Crippen molar-refractivity contribution in [3.63, 3.8) is 0 Å². The molecule has 5 unspecified atom stereocenters. The number of ether oxygens (including phenoxy) is 4. The summed E-state index contributed by atoms with van der Waals surface area (Å²) in [7, 11) is -9.99. The molecule has 0 heterocycles. The maximum atomic E-state index is 13.1. The zero-order valence-corrected chi connectivity index (χ0v) is 66.9. The second kappa shape index (κ2) is 76.4. The van der Waals surface area contributed by atoms with Crippen LogP contribution in [0.1, 0.15) is 323 Å². The third-order valence-corrected chi connectivity index (χ3v) is 18.5. The standard InChI is InChI=1S/C85H144O17P2/c1-5-9-13-17-21-25-29-33-36-38-39-41-44-47-50-54-58-62-66-70-83(88)96-76-81(102-85(90)72-68-64-60-56-52-48-42-35-31-27-23-19-15-11-7-3)78-100-104(93,94)98-74-79(86)73-97-103(91,92)99-77-80(101-84(89)71-67-63-59-55-51-45-32-28-24-20-16-12-8-4)75-95-82(87)69-65-61-57-53-49-46-43-40-37-34-30-26-22-18-14-10-6-2/h10-11,14-15,21-23,25-27,33-37,39,41-42,52,56,64,68,79-81,86H,5-9,12-13,16-20,24,28-32,38,40,43-51,53-55,57-63,65-67,69-78H2,1-4H3,(H,91,92)(H,93,94)/b14-10-,15-11-,25-21-,26-22-,27-23-,36-33-,37-34-,41-39-,42-35-,56-52-,68-64-. The molecule has 0 aliphatic rings. The van der Waals surface area contributed by atoms with E-state index >= 15 is 0 Å². The molecule has 0 aromatic rings. The zero-order valence-electron chi connectivity index (χ0n) is 65.2. The van der Waals surface area contributed by atoms with E-state index in [4.69, 9.17) is 37.0 Å². The Bertz CT molecular complexity index is 2490. The number of carbonyl (C=O) groups is 4. The van der Waals surface area contributed by atoms with Gasteiger partial charge in [-0.05, 0) is 122 Å². The minimum absolute atomic E-state index is 0.0908. The van der Waals surface area contributed by atoms with Gasteiger partial charge >= 0.3 is 39.5 Å². The molecule has 0 saturated carbocycles. The van der Waals surface area contributed by atoms with E-state index in [0.29, 0.717) is 25.7 Å². The molecule has 0 aromatic heterocycles. The van der Waals surface area contributed by atoms with Crippen molar-refractivity contribution in [2.75, 3.05) is 39.6 Å². The number of allylic oxidation sites excluding steroid dienone is 21. The van der Waals surface area contributed by atoms with Crippen molar-refractivity contribution in [2.45, 2.75) is 341 Å². The summed E-state index contributed by atoms with van der Waals surface area (Å²) < 4.78 is 68.5. The van der Waals surface area contributed by atoms with Crippen LogP contribution in [0.3, 0.4) is 0 Å². The summed E-state index contributed by atoms with van der Waals surface area (Å²) in [6, 6.07) is 0. The normalized spacial score (nSPS) is 14.6. The first-order valence-electron chi connectivity index (χ1n) is 40.4. The highest BCUT2D eigenvalue weighted by Gasteiger charge is 2.30. The molecule has 0 spiro atoms. The fraction of sp³-hybridized carbons (Fsp3) is 0.694. The number of rotatable bonds is 75. The van der Waals surface area contributed by atoms with Crippen molar-refractivity contribution in [3.05, 3.63) is 134 Å². The number of esters is 4. The Morgan fingerprint density at radius 2 is 0.538 bits per heavy atom. The SMILES string of the molecule is CC/C=C\C/C=C\C/C=C\C/C=C\C/C=C\CC(=O)OC(COC(=O)CCCCCCCC/C=C\C/C=C\C/C=C\CCCCC)COP(=O)(O)OCC(O)COP(=O)(O)OCC(COC(=O)CCCCCCCCC/C=C\C/C=C\C/C=C\CC)OC(=O)CCCCCCCCCCCCCCC. The van der Waals surface area contributed by atoms with E-state index < -0.39 is 97.5 Å². The molecule has 0 radical (unpaired) electrons. The van der Waals surface area contributed by atoms with Crippen LogP contribution < -0.4 is 0 Å². The van der Waals surface area contributed by atoms with Crippen LogP contribution in [0.25, 0.3) is 0 Å². The topological polar surface area (TPSA) is 237 Å². The highest BCUT2D eigenvalue weighted by molar-refractivity contribution is 7.47. The molecule has 19 heteroatoms. The van der Waals surface area contributed by atoms with Gasteiger partial charge in [-0.2, -0.15) is 0 Å². The average Bonchev–Trinajstić information content (AvgIpc) is 0.910. The van der Waals surface area contributed by atoms with Crippen molar-refractivity contribution >= 4 is 39.5 Å². The summed E-state index contributed by atoms with van der Waals surface area (Å²) in [5, 5.41) is 10.6. The molecule has 0 amide bonds. The Morgan fingerprint density at radius 3 is 0.875 bits per heavy atom. The van der Waals surface area contributed by atoms with Crippen LogP contribution in [0.2, 0.25) is 0 Å². The van der Waals surface area contributed by atoms with E-state index in [0.717, 1.165) is 173 Å². The minimum Gasteiger partial charge on any atom is -0.462 e. The van der Waals surface area contributed by atoms with Gasteiger partial charge in [-0.1, -0.05) is 309 Å². The monoisotopic (exact) mass is 1500 g/mol. The minimum atomic E-state index is -5.01. The number of aliphatic hydroxyl groups is 1. The van der Waals surface area contributed by atoms with Gasteiger partial charge < -0.3 is 33.8 Å². The van der Waals surface area contributed by atoms with Crippen LogP contribution in [0.4, 0.5) is 0 Å². The van der Waals surface area contributed by atoms with E-state index in [2.05, 4.69) is 137 Å². The maximum Gasteiger partial charge on any atom is 0.472 e. The fourth-order valence-corrected chi connectivity index (χ4v) is 12.1. The Kier molecular flexibility index (Phi) is 72.9. The highest BCUT2D eigenvalue weighted by atomic mass is 31.2. The molecule has 596 valence electrons. The van der Waals surface area contributed by atoms with Crippen LogP contribution in [0.15, 0.2) is 134 Å². The second-order valence-electron chi connectivity index (χ2n) is 26.6. The fourth-order valence-electron chi connectivity index (χ4n) is 10.6. The third kappa shape index (κ3) is 75.4. The molecule has 0 bridgehead atoms. The summed E-state index contributed by atoms with van der Waals surface area (Å²) in [5.41, 5.74) is 0. The van der Waals surface area contributed by atoms with Crippen molar-refractivity contribution in [3.8, 4) is 0 Å². The van der Waals surface area contributed by atoms with Gasteiger partial charge in [-0.3, -0.25) is 37.3 Å². The van der Waals surface area contributed by atoms with Gasteiger partial charge in [-0.25, -0.2) is 9.13 Å². The van der Waals surface area contributed by atoms with Crippen LogP contribution in [0.5, 0.6) is 0 Å². The number of phosphoric ester groups is 2. The first-order chi connectivity index (χ1) is 50.7. The highest BCUT2D eigenvalue weighted by Crippen LogP contribution is 2.45. The summed E-state index contributed by atoms with van der Waals surface area (Å²) in [6.07, 6.45) is 86.0. The molecule has 5 atom stereocenters. The molecular formula is C85H144O17P2. The van der Waals surface area contributed by atoms with Crippen LogP contribution in [-0.2, 0) is 65.4 Å². The number of aliphatic hydroxyl groups excluding tert-OH is 1. The van der Waals surface area contributed by atoms with Crippen molar-refractivity contribution in [1.29, 1.82) is 0 Å². The molecule has 0 fully saturated rings. The third-order valence-electron chi connectivity index (χ3n) is 16.6. The summed E-state index contributed by atoms with van der Waals surface area (Å²) in [5.74, 6) is -2.34. The summed E-state index contributed by atoms with van der Waals surface area (Å²) in [4.78, 5) is 73.0. The van der Waals surface area contributed by atoms with Gasteiger partial charge in [0, 0.05) is 19.3 Å². The molecule has 0 aliphatic carbocycles. The lowest BCUT2D eigenvalue weighted by Crippen LogP contribution is -2.30. The molecule has 17 nitrogen and oxygen atoms in total. The Hall–Kier alpha value is -4.80. The first kappa shape index (κ1) is 99.2. The lowest BCUT2D eigenvalue weighted by atomic mass is 10.0. The van der Waals surface area contributed by atoms with Crippen LogP contribution in [0, 0.1) is 0 Å². The quantitative estimate of drug-likeness (QED) is 0.0169. The molecule has 0 aromatic carbocycles. The summed E-state index contributed by atoms with van der Waals surface area (Å²) in [6.45, 7) is 4.51. The first-order valence-corrected chi connectivity index (χ1v) is 43.4. The van der Waals surface area contributed by atoms with Gasteiger partial charge in [0.05, 0.1) is 32.8 Å². The van der Waals surface area contributed by atoms with E-state index in [-0.39, 0.29) is 25.7 Å². The lowest BCUT2D eigenvalue weighted by Gasteiger charge is -2.21. The Labute approximate surface area is 631 Å². The average molecular weight is 1500 g/mol. The number of hydrogen-bond acceptors (Lipinski definition) is 15. The van der Waals surface area contributed by atoms with Crippen molar-refractivity contribution in [1.82, 2.24) is 0 Å². The van der Waals surface area contributed by atoms with E-state index in [9.17, 15) is 43.2 Å². The predicted molar refractivity (Wildman–Crippen MR) is 427 cm³/mol. The number of unbranched alkanes of at least 4 members (excludes halogenated alkanes) is 28. The molecule has 0 saturated heterocycles. The number of hydrogen-bond donors (Lipinski definition) is 3. The molecular weight excluding hydrogens is 1350 g/mol. The van der Waals surface area contributed by atoms with E-state index in [1.54, 1.807) is 12.2 Å². The zero-order chi connectivity index (χ0) is 76.0. The largest absolute Gasteiger partial charge is 0.472 e. The lowest BCUT2D eigenvalue weighted by molar-refractivity contribution is -0.161. The maximum absolute atomic E-state index is 13.1. The second-order valence-corrected chi connectivity index (χ2v) is 29.5. The molecule has 0 rings (SSSR count). The van der Waals surface area contributed by atoms with E-state index in [1.807, 2.05) is 12.2 Å². The predicted octanol–water partition coefficient (Wildman–Crippen LogP) is 23.7. The van der Waals surface area contributed by atoms with Gasteiger partial charge in [0.15, 0.2) is 12.2 Å². The summed E-state index contributed by atoms with van der Waals surface area (Å²) >= 11 is 0. The number of phosphoric acid groups is 2. The van der Waals surface area contributed by atoms with Gasteiger partial charge in [0.1, 0.15) is 19.3 Å². The van der Waals surface area contributed by atoms with Crippen LogP contribution >= 0.6 is 15.6 Å². The Balaban J connectivity index is 5.41. The van der Waals surface area contributed by atoms with Gasteiger partial charge in [0.2, 0.25) is 0 Å². The smallest absolute Gasteiger partial charge is 0.462 e. The van der Waals surface area contributed by atoms with Crippen molar-refractivity contribution in [2.24, 2.45) is 0 Å². The Morgan fingerprint density at radius 1 is 0.288 bits per heavy atom. The van der Waals surface area contributed by atoms with Gasteiger partial charge in [0.25, 0.3) is 0 Å².